The van der Waals surface area contributed by atoms with Crippen LogP contribution in [0.4, 0.5) is 0 Å². The first-order valence-corrected chi connectivity index (χ1v) is 27.6. The van der Waals surface area contributed by atoms with E-state index in [2.05, 4.69) is 159 Å². The van der Waals surface area contributed by atoms with Gasteiger partial charge in [0.1, 0.15) is 0 Å². The van der Waals surface area contributed by atoms with Crippen molar-refractivity contribution in [1.29, 1.82) is 0 Å². The van der Waals surface area contributed by atoms with Crippen LogP contribution in [0.2, 0.25) is 38.0 Å². The van der Waals surface area contributed by atoms with E-state index in [1.165, 1.54) is 27.5 Å². The van der Waals surface area contributed by atoms with E-state index in [1.807, 2.05) is 0 Å². The van der Waals surface area contributed by atoms with Crippen LogP contribution in [-0.4, -0.2) is 57.2 Å². The molecule has 14 rings (SSSR count). The van der Waals surface area contributed by atoms with E-state index >= 15 is 0 Å². The normalized spacial score (nSPS) is 53.9. The van der Waals surface area contributed by atoms with Crippen LogP contribution < -0.4 is 21.2 Å². The maximum absolute atomic E-state index is 4.39. The van der Waals surface area contributed by atoms with Crippen molar-refractivity contribution >= 4 is 37.1 Å². The summed E-state index contributed by atoms with van der Waals surface area (Å²) in [7, 11) is 1.76. The number of benzene rings is 4. The molecule has 1 spiro atoms. The molecule has 248 valence electrons. The van der Waals surface area contributed by atoms with Gasteiger partial charge in [-0.25, -0.2) is 0 Å². The molecule has 10 atom stereocenters. The van der Waals surface area contributed by atoms with Gasteiger partial charge in [-0.05, 0) is 0 Å². The number of hydrogen-bond donors (Lipinski definition) is 0. The molecule has 0 amide bonds. The fourth-order valence-electron chi connectivity index (χ4n) is 24.0. The number of likely N-dealkylation sites (N-methyl/N-ethyl adjacent to an activating group) is 2. The van der Waals surface area contributed by atoms with E-state index in [1.54, 1.807) is 21.2 Å². The van der Waals surface area contributed by atoms with Gasteiger partial charge in [0.05, 0.1) is 0 Å². The van der Waals surface area contributed by atoms with Gasteiger partial charge in [-0.1, -0.05) is 0 Å². The van der Waals surface area contributed by atoms with E-state index in [4.69, 9.17) is 0 Å². The van der Waals surface area contributed by atoms with Crippen molar-refractivity contribution in [1.82, 2.24) is 9.80 Å². The number of fused-ring (bicyclic) bond motifs is 10. The summed E-state index contributed by atoms with van der Waals surface area (Å²) in [6.07, 6.45) is 0. The molecule has 4 aromatic rings. The summed E-state index contributed by atoms with van der Waals surface area (Å²) in [6.45, 7) is 7.85. The molecular weight excluding hydrogens is 662 g/mol. The van der Waals surface area contributed by atoms with Crippen LogP contribution in [0.15, 0.2) is 121 Å². The van der Waals surface area contributed by atoms with Crippen LogP contribution in [0.3, 0.4) is 0 Å². The Bertz CT molecular complexity index is 2400. The van der Waals surface area contributed by atoms with Gasteiger partial charge < -0.3 is 0 Å². The van der Waals surface area contributed by atoms with E-state index in [-0.39, 0.29) is 7.92 Å². The van der Waals surface area contributed by atoms with Crippen LogP contribution in [0.1, 0.15) is 20.8 Å². The minimum atomic E-state index is -4.39. The van der Waals surface area contributed by atoms with Crippen molar-refractivity contribution in [2.45, 2.75) is 72.9 Å². The molecule has 48 heavy (non-hydrogen) atoms. The second kappa shape index (κ2) is 4.97. The average Bonchev–Trinajstić information content (AvgIpc) is 4.10. The molecule has 4 aromatic carbocycles. The van der Waals surface area contributed by atoms with E-state index in [9.17, 15) is 0 Å². The summed E-state index contributed by atoms with van der Waals surface area (Å²) in [6, 6.07) is 49.4. The molecule has 0 aromatic heterocycles. The second-order valence-corrected chi connectivity index (χ2v) is 47.6. The molecule has 8 unspecified atom stereocenters. The van der Waals surface area contributed by atoms with E-state index in [0.717, 1.165) is 32.4 Å². The van der Waals surface area contributed by atoms with Crippen LogP contribution in [0.25, 0.3) is 0 Å². The maximum atomic E-state index is 2.95. The molecule has 5 heteroatoms. The molecule has 10 fully saturated rings. The Morgan fingerprint density at radius 3 is 1.42 bits per heavy atom. The first-order valence-electron chi connectivity index (χ1n) is 18.8. The van der Waals surface area contributed by atoms with Crippen molar-refractivity contribution in [2.75, 3.05) is 33.2 Å². The summed E-state index contributed by atoms with van der Waals surface area (Å²) in [4.78, 5) is 13.8. The molecule has 10 aliphatic rings. The van der Waals surface area contributed by atoms with Gasteiger partial charge in [0.2, 0.25) is 0 Å². The van der Waals surface area contributed by atoms with Crippen LogP contribution in [0, 0.1) is 0 Å². The van der Waals surface area contributed by atoms with Gasteiger partial charge in [-0.3, -0.25) is 0 Å². The fraction of sp³-hybridized carbons (Fsp3) is 0.442. The number of nitrogens with zero attached hydrogens (tertiary/aromatic N) is 2. The Morgan fingerprint density at radius 1 is 0.583 bits per heavy atom. The van der Waals surface area contributed by atoms with Gasteiger partial charge in [-0.15, -0.1) is 0 Å². The summed E-state index contributed by atoms with van der Waals surface area (Å²) < 4.78 is 1.95. The summed E-state index contributed by atoms with van der Waals surface area (Å²) >= 11 is 0. The summed E-state index contributed by atoms with van der Waals surface area (Å²) in [5.41, 5.74) is 0. The zero-order valence-corrected chi connectivity index (χ0v) is 31.5. The van der Waals surface area contributed by atoms with Crippen molar-refractivity contribution in [3.8, 4) is 0 Å². The minimum absolute atomic E-state index is 0.378. The third kappa shape index (κ3) is 0.819. The molecule has 10 heterocycles. The summed E-state index contributed by atoms with van der Waals surface area (Å²) in [5, 5.41) is 6.85. The van der Waals surface area contributed by atoms with Crippen molar-refractivity contribution in [3.63, 3.8) is 0 Å². The third-order valence-corrected chi connectivity index (χ3v) is 80.0. The van der Waals surface area contributed by atoms with Crippen LogP contribution >= 0.6 is 15.8 Å². The van der Waals surface area contributed by atoms with Gasteiger partial charge in [0.25, 0.3) is 0 Å². The Hall–Kier alpha value is -1.82. The molecule has 0 bridgehead atoms. The standard InChI is InChI=1S/C26H34N2P.C17H14P.Fe/c1-5-28(6-2)21-20-27(4)22(3)25-18-13-19-26(25)29(23-14-9-7-10-15-23)24-16-11-8-12-17-24;1-3-9-15(10-4-1)18(17-13-7-8-14-17)16-11-5-2-6-12-16;/h7-19,22H,5-6,20-21H2,1-4H3;1-14H;/t22-;;/m1../s1. The Balaban J connectivity index is 1.06. The predicted molar refractivity (Wildman–Crippen MR) is 202 cm³/mol. The van der Waals surface area contributed by atoms with Gasteiger partial charge >= 0.3 is 281 Å². The Labute approximate surface area is 279 Å². The monoisotopic (exact) mass is 710 g/mol. The molecule has 2 nitrogen and oxygen atoms in total. The van der Waals surface area contributed by atoms with Gasteiger partial charge in [0.15, 0.2) is 0 Å². The zero-order chi connectivity index (χ0) is 32.0. The Morgan fingerprint density at radius 2 is 1.02 bits per heavy atom. The van der Waals surface area contributed by atoms with Crippen molar-refractivity contribution in [2.24, 2.45) is 0 Å². The Kier molecular flexibility index (Phi) is 2.79. The quantitative estimate of drug-likeness (QED) is 0.102. The number of hydrogen-bond acceptors (Lipinski definition) is 2. The van der Waals surface area contributed by atoms with Crippen LogP contribution in [0.5, 0.6) is 0 Å². The second-order valence-electron chi connectivity index (χ2n) is 19.0. The van der Waals surface area contributed by atoms with Crippen molar-refractivity contribution in [3.05, 3.63) is 121 Å². The van der Waals surface area contributed by atoms with Gasteiger partial charge in [-0.2, -0.15) is 0 Å². The first-order chi connectivity index (χ1) is 23.3. The van der Waals surface area contributed by atoms with E-state index in [0.29, 0.717) is 18.5 Å². The SMILES string of the molecule is CCN(CC)CCN(C)[C@H](C)[C@]12[CH]3[CH]4[CH]5[C]1(P(c1ccccc1)c1ccccc1)[Fe]45321678[CH]2[CH]1[CH]6[C]7(P(c1ccccc1)c1ccccc1)[CH]28. The topological polar surface area (TPSA) is 6.48 Å². The van der Waals surface area contributed by atoms with Gasteiger partial charge in [0, 0.05) is 0 Å². The zero-order valence-electron chi connectivity index (χ0n) is 28.6. The van der Waals surface area contributed by atoms with Crippen molar-refractivity contribution < 1.29 is 6.51 Å². The van der Waals surface area contributed by atoms with E-state index < -0.39 is 14.4 Å². The molecule has 10 saturated heterocycles. The molecule has 0 aliphatic carbocycles. The fourth-order valence-corrected chi connectivity index (χ4v) is 132. The number of rotatable bonds is 13. The first kappa shape index (κ1) is 26.9. The average molecular weight is 711 g/mol. The van der Waals surface area contributed by atoms with Crippen LogP contribution in [-0.2, 0) is 6.51 Å². The third-order valence-electron chi connectivity index (χ3n) is 22.6. The summed E-state index contributed by atoms with van der Waals surface area (Å²) in [5.74, 6) is 0. The predicted octanol–water partition coefficient (Wildman–Crippen LogP) is 8.49. The molecule has 0 saturated carbocycles. The molecular formula is C43H48FeN2P2. The molecule has 0 radical (unpaired) electrons. The molecule has 0 N–H and O–H groups in total. The molecule has 10 aliphatic heterocycles.